The summed E-state index contributed by atoms with van der Waals surface area (Å²) in [6, 6.07) is -1.10. The largest absolute Gasteiger partial charge is 0.364 e. The third kappa shape index (κ3) is 2.27. The van der Waals surface area contributed by atoms with E-state index in [4.69, 9.17) is 4.74 Å². The second kappa shape index (κ2) is 5.22. The first-order valence-corrected chi connectivity index (χ1v) is 7.71. The Hall–Kier alpha value is -1.63. The lowest BCUT2D eigenvalue weighted by Gasteiger charge is -2.23. The molecule has 3 unspecified atom stereocenters. The van der Waals surface area contributed by atoms with Crippen LogP contribution in [-0.2, 0) is 4.74 Å². The lowest BCUT2D eigenvalue weighted by atomic mass is 10.0. The van der Waals surface area contributed by atoms with Gasteiger partial charge in [-0.15, -0.1) is 0 Å². The molecule has 0 aromatic carbocycles. The molecule has 1 aliphatic heterocycles. The summed E-state index contributed by atoms with van der Waals surface area (Å²) in [7, 11) is 0. The smallest absolute Gasteiger partial charge is 0.336 e. The van der Waals surface area contributed by atoms with Gasteiger partial charge in [0.1, 0.15) is 5.60 Å². The first-order chi connectivity index (χ1) is 10.0. The standard InChI is InChI=1S/C15H25N3O4/c1-8(2)16-12(19)17(9(3)4)14(21)18(13(16)20)10(5)15(7)11(6)22-15/h8-11H,1-7H3. The molecule has 1 fully saturated rings. The quantitative estimate of drug-likeness (QED) is 0.779. The number of epoxide rings is 1. The molecule has 0 aliphatic carbocycles. The molecular weight excluding hydrogens is 286 g/mol. The van der Waals surface area contributed by atoms with Crippen molar-refractivity contribution in [3.05, 3.63) is 31.5 Å². The van der Waals surface area contributed by atoms with Crippen molar-refractivity contribution in [2.75, 3.05) is 0 Å². The molecule has 1 aliphatic rings. The second-order valence-corrected chi connectivity index (χ2v) is 6.77. The van der Waals surface area contributed by atoms with Gasteiger partial charge >= 0.3 is 17.1 Å². The van der Waals surface area contributed by atoms with Crippen LogP contribution in [0.5, 0.6) is 0 Å². The van der Waals surface area contributed by atoms with Crippen LogP contribution in [0.3, 0.4) is 0 Å². The van der Waals surface area contributed by atoms with Crippen LogP contribution in [-0.4, -0.2) is 25.4 Å². The third-order valence-electron chi connectivity index (χ3n) is 4.67. The molecule has 0 saturated carbocycles. The normalized spacial score (nSPS) is 25.8. The first kappa shape index (κ1) is 16.7. The average molecular weight is 311 g/mol. The predicted molar refractivity (Wildman–Crippen MR) is 83.7 cm³/mol. The summed E-state index contributed by atoms with van der Waals surface area (Å²) < 4.78 is 8.99. The van der Waals surface area contributed by atoms with Crippen molar-refractivity contribution >= 4 is 0 Å². The highest BCUT2D eigenvalue weighted by Crippen LogP contribution is 2.43. The second-order valence-electron chi connectivity index (χ2n) is 6.77. The van der Waals surface area contributed by atoms with Crippen LogP contribution >= 0.6 is 0 Å². The number of rotatable bonds is 4. The number of aromatic nitrogens is 3. The zero-order valence-corrected chi connectivity index (χ0v) is 14.3. The van der Waals surface area contributed by atoms with Gasteiger partial charge in [-0.3, -0.25) is 0 Å². The molecule has 7 heteroatoms. The zero-order chi connectivity index (χ0) is 17.0. The van der Waals surface area contributed by atoms with Gasteiger partial charge in [-0.05, 0) is 48.5 Å². The first-order valence-electron chi connectivity index (χ1n) is 7.71. The van der Waals surface area contributed by atoms with E-state index in [1.165, 1.54) is 0 Å². The van der Waals surface area contributed by atoms with Crippen molar-refractivity contribution in [1.29, 1.82) is 0 Å². The maximum Gasteiger partial charge on any atom is 0.336 e. The molecule has 1 saturated heterocycles. The molecule has 0 spiro atoms. The predicted octanol–water partition coefficient (Wildman–Crippen LogP) is 1.07. The summed E-state index contributed by atoms with van der Waals surface area (Å²) in [5, 5.41) is 0. The summed E-state index contributed by atoms with van der Waals surface area (Å²) in [6.45, 7) is 12.6. The topological polar surface area (TPSA) is 78.5 Å². The van der Waals surface area contributed by atoms with Gasteiger partial charge in [-0.1, -0.05) is 0 Å². The molecule has 0 amide bonds. The Kier molecular flexibility index (Phi) is 3.97. The summed E-state index contributed by atoms with van der Waals surface area (Å²) in [4.78, 5) is 37.9. The van der Waals surface area contributed by atoms with Gasteiger partial charge in [0.25, 0.3) is 0 Å². The van der Waals surface area contributed by atoms with Crippen LogP contribution in [0.15, 0.2) is 14.4 Å². The van der Waals surface area contributed by atoms with E-state index in [1.807, 2.05) is 13.8 Å². The Morgan fingerprint density at radius 2 is 1.18 bits per heavy atom. The minimum Gasteiger partial charge on any atom is -0.364 e. The lowest BCUT2D eigenvalue weighted by Crippen LogP contribution is -2.57. The van der Waals surface area contributed by atoms with Gasteiger partial charge < -0.3 is 4.74 Å². The average Bonchev–Trinajstić information content (AvgIpc) is 2.97. The Labute approximate surface area is 129 Å². The van der Waals surface area contributed by atoms with E-state index < -0.39 is 28.7 Å². The molecule has 1 aromatic heterocycles. The van der Waals surface area contributed by atoms with Gasteiger partial charge in [-0.25, -0.2) is 28.1 Å². The highest BCUT2D eigenvalue weighted by atomic mass is 16.6. The van der Waals surface area contributed by atoms with Crippen LogP contribution in [0, 0.1) is 0 Å². The van der Waals surface area contributed by atoms with Crippen LogP contribution in [0.4, 0.5) is 0 Å². The zero-order valence-electron chi connectivity index (χ0n) is 14.3. The fourth-order valence-corrected chi connectivity index (χ4v) is 2.85. The highest BCUT2D eigenvalue weighted by molar-refractivity contribution is 5.04. The highest BCUT2D eigenvalue weighted by Gasteiger charge is 2.54. The molecule has 22 heavy (non-hydrogen) atoms. The van der Waals surface area contributed by atoms with Gasteiger partial charge in [0.05, 0.1) is 12.1 Å². The van der Waals surface area contributed by atoms with Gasteiger partial charge in [0.15, 0.2) is 0 Å². The van der Waals surface area contributed by atoms with E-state index in [0.717, 1.165) is 13.7 Å². The summed E-state index contributed by atoms with van der Waals surface area (Å²) in [6.07, 6.45) is -0.0271. The van der Waals surface area contributed by atoms with E-state index in [-0.39, 0.29) is 18.2 Å². The minimum atomic E-state index is -0.571. The number of hydrogen-bond donors (Lipinski definition) is 0. The monoisotopic (exact) mass is 311 g/mol. The summed E-state index contributed by atoms with van der Waals surface area (Å²) in [5.74, 6) is 0. The third-order valence-corrected chi connectivity index (χ3v) is 4.67. The van der Waals surface area contributed by atoms with Crippen LogP contribution in [0.25, 0.3) is 0 Å². The van der Waals surface area contributed by atoms with Crippen molar-refractivity contribution in [2.24, 2.45) is 0 Å². The SMILES string of the molecule is CC(C)n1c(=O)n(C(C)C)c(=O)n(C(C)C2(C)OC2C)c1=O. The number of nitrogens with zero attached hydrogens (tertiary/aromatic N) is 3. The van der Waals surface area contributed by atoms with E-state index in [9.17, 15) is 14.4 Å². The van der Waals surface area contributed by atoms with Crippen LogP contribution in [0.2, 0.25) is 0 Å². The maximum absolute atomic E-state index is 12.7. The molecule has 7 nitrogen and oxygen atoms in total. The lowest BCUT2D eigenvalue weighted by molar-refractivity contribution is 0.225. The fraction of sp³-hybridized carbons (Fsp3) is 0.800. The number of hydrogen-bond acceptors (Lipinski definition) is 4. The summed E-state index contributed by atoms with van der Waals surface area (Å²) >= 11 is 0. The van der Waals surface area contributed by atoms with E-state index >= 15 is 0 Å². The number of ether oxygens (including phenoxy) is 1. The molecule has 0 bridgehead atoms. The summed E-state index contributed by atoms with van der Waals surface area (Å²) in [5.41, 5.74) is -2.26. The van der Waals surface area contributed by atoms with E-state index in [1.54, 1.807) is 34.6 Å². The van der Waals surface area contributed by atoms with Crippen molar-refractivity contribution < 1.29 is 4.74 Å². The Morgan fingerprint density at radius 1 is 0.864 bits per heavy atom. The van der Waals surface area contributed by atoms with Crippen molar-refractivity contribution in [3.8, 4) is 0 Å². The Bertz CT molecular complexity index is 709. The molecule has 124 valence electrons. The molecule has 2 heterocycles. The van der Waals surface area contributed by atoms with Crippen LogP contribution in [0.1, 0.15) is 66.6 Å². The molecule has 3 atom stereocenters. The van der Waals surface area contributed by atoms with E-state index in [2.05, 4.69) is 0 Å². The van der Waals surface area contributed by atoms with Crippen molar-refractivity contribution in [3.63, 3.8) is 0 Å². The van der Waals surface area contributed by atoms with Gasteiger partial charge in [0, 0.05) is 12.1 Å². The molecular formula is C15H25N3O4. The van der Waals surface area contributed by atoms with Gasteiger partial charge in [-0.2, -0.15) is 0 Å². The maximum atomic E-state index is 12.7. The molecule has 1 aromatic rings. The minimum absolute atomic E-state index is 0.0271. The Balaban J connectivity index is 2.83. The van der Waals surface area contributed by atoms with Crippen LogP contribution < -0.4 is 17.1 Å². The Morgan fingerprint density at radius 3 is 1.45 bits per heavy atom. The molecule has 0 radical (unpaired) electrons. The van der Waals surface area contributed by atoms with Crippen molar-refractivity contribution in [2.45, 2.75) is 78.3 Å². The molecule has 0 N–H and O–H groups in total. The van der Waals surface area contributed by atoms with Gasteiger partial charge in [0.2, 0.25) is 0 Å². The fourth-order valence-electron chi connectivity index (χ4n) is 2.85. The van der Waals surface area contributed by atoms with Crippen molar-refractivity contribution in [1.82, 2.24) is 13.7 Å². The molecule has 2 rings (SSSR count). The van der Waals surface area contributed by atoms with E-state index in [0.29, 0.717) is 0 Å².